The lowest BCUT2D eigenvalue weighted by molar-refractivity contribution is 0.111. The van der Waals surface area contributed by atoms with Gasteiger partial charge in [-0.05, 0) is 12.1 Å². The summed E-state index contributed by atoms with van der Waals surface area (Å²) in [7, 11) is 0. The smallest absolute Gasteiger partial charge is 0.170 e. The van der Waals surface area contributed by atoms with Gasteiger partial charge < -0.3 is 4.42 Å². The third kappa shape index (κ3) is 3.81. The van der Waals surface area contributed by atoms with Crippen LogP contribution in [0.1, 0.15) is 10.5 Å². The summed E-state index contributed by atoms with van der Waals surface area (Å²) in [4.78, 5) is 17.2. The van der Waals surface area contributed by atoms with Gasteiger partial charge in [-0.15, -0.1) is 0 Å². The van der Waals surface area contributed by atoms with Crippen LogP contribution in [0.15, 0.2) is 47.7 Å². The maximum absolute atomic E-state index is 9.90. The molecular weight excluding hydrogens is 168 g/mol. The molecule has 0 unspecified atom stereocenters. The molecule has 2 rings (SSSR count). The van der Waals surface area contributed by atoms with Gasteiger partial charge in [0.25, 0.3) is 0 Å². The zero-order valence-corrected chi connectivity index (χ0v) is 6.83. The van der Waals surface area contributed by atoms with Crippen molar-refractivity contribution < 1.29 is 9.21 Å². The van der Waals surface area contributed by atoms with E-state index in [-0.39, 0.29) is 0 Å². The molecule has 0 aliphatic carbocycles. The van der Waals surface area contributed by atoms with Gasteiger partial charge in [-0.2, -0.15) is 0 Å². The van der Waals surface area contributed by atoms with Crippen LogP contribution in [0.4, 0.5) is 0 Å². The monoisotopic (exact) mass is 176 g/mol. The van der Waals surface area contributed by atoms with Crippen LogP contribution in [0.25, 0.3) is 0 Å². The van der Waals surface area contributed by atoms with Crippen LogP contribution in [-0.2, 0) is 0 Å². The van der Waals surface area contributed by atoms with Crippen molar-refractivity contribution in [1.29, 1.82) is 0 Å². The van der Waals surface area contributed by atoms with E-state index in [1.165, 1.54) is 18.6 Å². The van der Waals surface area contributed by atoms with Crippen LogP contribution < -0.4 is 0 Å². The van der Waals surface area contributed by atoms with Gasteiger partial charge in [0, 0.05) is 12.4 Å². The molecule has 13 heavy (non-hydrogen) atoms. The summed E-state index contributed by atoms with van der Waals surface area (Å²) in [6, 6.07) is 3.67. The fourth-order valence-electron chi connectivity index (χ4n) is 0.598. The van der Waals surface area contributed by atoms with Crippen LogP contribution in [0, 0.1) is 0 Å². The first-order chi connectivity index (χ1) is 6.43. The highest BCUT2D eigenvalue weighted by Gasteiger charge is 1.83. The van der Waals surface area contributed by atoms with Crippen molar-refractivity contribution in [3.8, 4) is 0 Å². The largest absolute Gasteiger partial charge is 0.473 e. The van der Waals surface area contributed by atoms with Gasteiger partial charge in [-0.25, -0.2) is 0 Å². The Kier molecular flexibility index (Phi) is 3.96. The lowest BCUT2D eigenvalue weighted by Crippen LogP contribution is -1.84. The van der Waals surface area contributed by atoms with Crippen LogP contribution in [-0.4, -0.2) is 16.3 Å². The average molecular weight is 176 g/mol. The maximum atomic E-state index is 9.90. The number of nitrogens with zero attached hydrogens (tertiary/aromatic N) is 2. The number of hydrogen-bond acceptors (Lipinski definition) is 4. The number of carbonyl (C=O) groups is 1. The molecule has 0 radical (unpaired) electrons. The summed E-state index contributed by atoms with van der Waals surface area (Å²) in [6.45, 7) is 0. The van der Waals surface area contributed by atoms with Crippen LogP contribution in [0.2, 0.25) is 0 Å². The predicted molar refractivity (Wildman–Crippen MR) is 46.1 cm³/mol. The molecule has 0 bridgehead atoms. The zero-order chi connectivity index (χ0) is 9.36. The summed E-state index contributed by atoms with van der Waals surface area (Å²) in [5, 5.41) is 0. The molecule has 2 aromatic heterocycles. The first kappa shape index (κ1) is 9.12. The van der Waals surface area contributed by atoms with Gasteiger partial charge in [0.15, 0.2) is 6.29 Å². The van der Waals surface area contributed by atoms with Crippen molar-refractivity contribution in [3.05, 3.63) is 48.9 Å². The minimum absolute atomic E-state index is 0.368. The van der Waals surface area contributed by atoms with E-state index in [0.29, 0.717) is 12.0 Å². The molecule has 66 valence electrons. The molecule has 0 aliphatic rings. The third-order valence-corrected chi connectivity index (χ3v) is 1.13. The Labute approximate surface area is 75.3 Å². The van der Waals surface area contributed by atoms with Gasteiger partial charge in [-0.3, -0.25) is 14.8 Å². The SMILES string of the molecule is O=Cc1cnccn1.c1ccoc1. The Morgan fingerprint density at radius 1 is 1.23 bits per heavy atom. The van der Waals surface area contributed by atoms with E-state index in [4.69, 9.17) is 0 Å². The number of aldehydes is 1. The third-order valence-electron chi connectivity index (χ3n) is 1.13. The predicted octanol–water partition coefficient (Wildman–Crippen LogP) is 1.57. The van der Waals surface area contributed by atoms with Crippen LogP contribution in [0.5, 0.6) is 0 Å². The average Bonchev–Trinajstić information content (AvgIpc) is 2.77. The molecule has 2 aromatic rings. The molecule has 0 N–H and O–H groups in total. The number of aromatic nitrogens is 2. The van der Waals surface area contributed by atoms with Gasteiger partial charge in [0.1, 0.15) is 5.69 Å². The van der Waals surface area contributed by atoms with Gasteiger partial charge >= 0.3 is 0 Å². The Hall–Kier alpha value is -1.97. The van der Waals surface area contributed by atoms with Crippen molar-refractivity contribution in [2.75, 3.05) is 0 Å². The van der Waals surface area contributed by atoms with E-state index in [1.807, 2.05) is 12.1 Å². The van der Waals surface area contributed by atoms with Gasteiger partial charge in [0.2, 0.25) is 0 Å². The van der Waals surface area contributed by atoms with Crippen LogP contribution >= 0.6 is 0 Å². The van der Waals surface area contributed by atoms with E-state index < -0.39 is 0 Å². The van der Waals surface area contributed by atoms with Gasteiger partial charge in [0.05, 0.1) is 18.7 Å². The summed E-state index contributed by atoms with van der Waals surface area (Å²) >= 11 is 0. The highest BCUT2D eigenvalue weighted by molar-refractivity contribution is 5.70. The molecule has 0 amide bonds. The maximum Gasteiger partial charge on any atom is 0.170 e. The summed E-state index contributed by atoms with van der Waals surface area (Å²) in [5.41, 5.74) is 0.368. The Morgan fingerprint density at radius 2 is 2.00 bits per heavy atom. The summed E-state index contributed by atoms with van der Waals surface area (Å²) in [5.74, 6) is 0. The highest BCUT2D eigenvalue weighted by atomic mass is 16.3. The fourth-order valence-corrected chi connectivity index (χ4v) is 0.598. The van der Waals surface area contributed by atoms with Crippen molar-refractivity contribution >= 4 is 6.29 Å². The first-order valence-electron chi connectivity index (χ1n) is 3.62. The van der Waals surface area contributed by atoms with Gasteiger partial charge in [-0.1, -0.05) is 0 Å². The highest BCUT2D eigenvalue weighted by Crippen LogP contribution is 1.80. The van der Waals surface area contributed by atoms with Crippen molar-refractivity contribution in [2.24, 2.45) is 0 Å². The van der Waals surface area contributed by atoms with E-state index >= 15 is 0 Å². The number of rotatable bonds is 1. The molecule has 0 saturated carbocycles. The second kappa shape index (κ2) is 5.65. The normalized spacial score (nSPS) is 8.31. The second-order valence-corrected chi connectivity index (χ2v) is 2.04. The molecule has 0 aromatic carbocycles. The molecule has 2 heterocycles. The summed E-state index contributed by atoms with van der Waals surface area (Å²) < 4.78 is 4.58. The standard InChI is InChI=1S/C5H4N2O.C4H4O/c8-4-5-3-6-1-2-7-5;1-2-4-5-3-1/h1-4H;1-4H. The molecule has 0 saturated heterocycles. The molecule has 0 aliphatic heterocycles. The van der Waals surface area contributed by atoms with E-state index in [1.54, 1.807) is 12.5 Å². The Bertz CT molecular complexity index is 301. The molecule has 4 heteroatoms. The van der Waals surface area contributed by atoms with Crippen molar-refractivity contribution in [2.45, 2.75) is 0 Å². The molecule has 0 fully saturated rings. The quantitative estimate of drug-likeness (QED) is 0.619. The minimum atomic E-state index is 0.368. The fraction of sp³-hybridized carbons (Fsp3) is 0. The first-order valence-corrected chi connectivity index (χ1v) is 3.62. The molecule has 0 atom stereocenters. The van der Waals surface area contributed by atoms with E-state index in [2.05, 4.69) is 14.4 Å². The van der Waals surface area contributed by atoms with Crippen molar-refractivity contribution in [3.63, 3.8) is 0 Å². The Morgan fingerprint density at radius 3 is 2.31 bits per heavy atom. The zero-order valence-electron chi connectivity index (χ0n) is 6.83. The lowest BCUT2D eigenvalue weighted by atomic mass is 10.5. The molecule has 0 spiro atoms. The minimum Gasteiger partial charge on any atom is -0.473 e. The number of furan rings is 1. The topological polar surface area (TPSA) is 56.0 Å². The molecular formula is C9H8N2O2. The summed E-state index contributed by atoms with van der Waals surface area (Å²) in [6.07, 6.45) is 8.32. The van der Waals surface area contributed by atoms with Crippen LogP contribution in [0.3, 0.4) is 0 Å². The number of carbonyl (C=O) groups excluding carboxylic acids is 1. The van der Waals surface area contributed by atoms with Crippen molar-refractivity contribution in [1.82, 2.24) is 9.97 Å². The van der Waals surface area contributed by atoms with E-state index in [0.717, 1.165) is 0 Å². The Balaban J connectivity index is 0.000000145. The molecule has 4 nitrogen and oxygen atoms in total. The second-order valence-electron chi connectivity index (χ2n) is 2.04. The lowest BCUT2D eigenvalue weighted by Gasteiger charge is -1.80. The van der Waals surface area contributed by atoms with E-state index in [9.17, 15) is 4.79 Å². The number of hydrogen-bond donors (Lipinski definition) is 0.